The summed E-state index contributed by atoms with van der Waals surface area (Å²) in [5, 5.41) is 8.92. The first kappa shape index (κ1) is 9.67. The molecule has 0 aromatic carbocycles. The average Bonchev–Trinajstić information content (AvgIpc) is 2.30. The van der Waals surface area contributed by atoms with Gasteiger partial charge in [-0.1, -0.05) is 24.3 Å². The number of aromatic nitrogens is 1. The van der Waals surface area contributed by atoms with Crippen LogP contribution in [0.1, 0.15) is 29.0 Å². The van der Waals surface area contributed by atoms with Crippen molar-refractivity contribution in [2.24, 2.45) is 0 Å². The summed E-state index contributed by atoms with van der Waals surface area (Å²) in [6.45, 7) is 1.99. The molecule has 1 aliphatic rings. The molecule has 0 bridgehead atoms. The molecule has 2 nitrogen and oxygen atoms in total. The van der Waals surface area contributed by atoms with Crippen LogP contribution >= 0.6 is 0 Å². The zero-order chi connectivity index (χ0) is 10.7. The van der Waals surface area contributed by atoms with E-state index in [9.17, 15) is 0 Å². The molecule has 1 aromatic heterocycles. The van der Waals surface area contributed by atoms with Crippen LogP contribution in [0.25, 0.3) is 0 Å². The monoisotopic (exact) mass is 196 g/mol. The molecule has 0 saturated heterocycles. The van der Waals surface area contributed by atoms with Crippen LogP contribution in [-0.4, -0.2) is 4.98 Å². The van der Waals surface area contributed by atoms with Gasteiger partial charge in [-0.15, -0.1) is 0 Å². The van der Waals surface area contributed by atoms with Gasteiger partial charge in [0.05, 0.1) is 5.56 Å². The molecular formula is C13H12N2. The first-order chi connectivity index (χ1) is 7.33. The second kappa shape index (κ2) is 4.10. The lowest BCUT2D eigenvalue weighted by Crippen LogP contribution is -2.01. The van der Waals surface area contributed by atoms with E-state index in [0.717, 1.165) is 17.5 Å². The Morgan fingerprint density at radius 1 is 1.40 bits per heavy atom. The van der Waals surface area contributed by atoms with E-state index in [4.69, 9.17) is 5.26 Å². The quantitative estimate of drug-likeness (QED) is 0.692. The minimum atomic E-state index is 0.371. The Bertz CT molecular complexity index is 464. The summed E-state index contributed by atoms with van der Waals surface area (Å²) in [5.41, 5.74) is 2.89. The smallest absolute Gasteiger partial charge is 0.101 e. The van der Waals surface area contributed by atoms with Crippen LogP contribution in [0.4, 0.5) is 0 Å². The second-order valence-electron chi connectivity index (χ2n) is 3.67. The van der Waals surface area contributed by atoms with Crippen LogP contribution in [0.3, 0.4) is 0 Å². The molecule has 1 aliphatic carbocycles. The Labute approximate surface area is 89.6 Å². The highest BCUT2D eigenvalue weighted by Gasteiger charge is 2.13. The molecule has 0 N–H and O–H groups in total. The van der Waals surface area contributed by atoms with E-state index in [2.05, 4.69) is 23.2 Å². The third-order valence-electron chi connectivity index (χ3n) is 2.75. The molecule has 2 heteroatoms. The topological polar surface area (TPSA) is 36.7 Å². The van der Waals surface area contributed by atoms with Crippen LogP contribution in [-0.2, 0) is 0 Å². The fourth-order valence-corrected chi connectivity index (χ4v) is 1.84. The number of nitrogens with zero attached hydrogens (tertiary/aromatic N) is 2. The van der Waals surface area contributed by atoms with Crippen LogP contribution < -0.4 is 0 Å². The Morgan fingerprint density at radius 3 is 2.93 bits per heavy atom. The third kappa shape index (κ3) is 1.82. The fraction of sp³-hybridized carbons (Fsp3) is 0.231. The molecule has 0 spiro atoms. The minimum absolute atomic E-state index is 0.371. The van der Waals surface area contributed by atoms with Gasteiger partial charge in [-0.2, -0.15) is 5.26 Å². The van der Waals surface area contributed by atoms with Crippen molar-refractivity contribution < 1.29 is 0 Å². The number of pyridine rings is 1. The van der Waals surface area contributed by atoms with Crippen molar-refractivity contribution in [1.82, 2.24) is 4.98 Å². The number of allylic oxidation sites excluding steroid dienone is 4. The second-order valence-corrected chi connectivity index (χ2v) is 3.67. The average molecular weight is 196 g/mol. The molecule has 74 valence electrons. The van der Waals surface area contributed by atoms with E-state index in [1.54, 1.807) is 6.20 Å². The zero-order valence-electron chi connectivity index (χ0n) is 8.64. The van der Waals surface area contributed by atoms with Crippen LogP contribution in [0, 0.1) is 18.3 Å². The lowest BCUT2D eigenvalue weighted by Gasteiger charge is -2.15. The zero-order valence-corrected chi connectivity index (χ0v) is 8.64. The maximum absolute atomic E-state index is 8.92. The van der Waals surface area contributed by atoms with Gasteiger partial charge in [0.1, 0.15) is 6.07 Å². The van der Waals surface area contributed by atoms with Crippen molar-refractivity contribution >= 4 is 0 Å². The summed E-state index contributed by atoms with van der Waals surface area (Å²) in [6, 6.07) is 2.17. The predicted molar refractivity (Wildman–Crippen MR) is 59.3 cm³/mol. The van der Waals surface area contributed by atoms with Gasteiger partial charge in [0.15, 0.2) is 0 Å². The first-order valence-corrected chi connectivity index (χ1v) is 5.01. The Kier molecular flexibility index (Phi) is 2.64. The SMILES string of the molecule is Cc1c(C#N)cncc1C1C=CC=CC1. The van der Waals surface area contributed by atoms with Crippen molar-refractivity contribution in [1.29, 1.82) is 5.26 Å². The van der Waals surface area contributed by atoms with Crippen molar-refractivity contribution in [3.05, 3.63) is 53.4 Å². The van der Waals surface area contributed by atoms with Gasteiger partial charge in [0.2, 0.25) is 0 Å². The Balaban J connectivity index is 2.41. The third-order valence-corrected chi connectivity index (χ3v) is 2.75. The Hall–Kier alpha value is -1.88. The number of hydrogen-bond donors (Lipinski definition) is 0. The van der Waals surface area contributed by atoms with Crippen LogP contribution in [0.2, 0.25) is 0 Å². The highest BCUT2D eigenvalue weighted by atomic mass is 14.6. The normalized spacial score (nSPS) is 18.8. The maximum atomic E-state index is 8.92. The van der Waals surface area contributed by atoms with Crippen molar-refractivity contribution in [2.45, 2.75) is 19.3 Å². The van der Waals surface area contributed by atoms with E-state index < -0.39 is 0 Å². The largest absolute Gasteiger partial charge is 0.263 e. The first-order valence-electron chi connectivity index (χ1n) is 5.01. The van der Waals surface area contributed by atoms with E-state index >= 15 is 0 Å². The van der Waals surface area contributed by atoms with Crippen molar-refractivity contribution in [3.63, 3.8) is 0 Å². The summed E-state index contributed by atoms with van der Waals surface area (Å²) in [6.07, 6.45) is 12.9. The lowest BCUT2D eigenvalue weighted by molar-refractivity contribution is 0.836. The molecule has 0 radical (unpaired) electrons. The predicted octanol–water partition coefficient (Wildman–Crippen LogP) is 2.86. The van der Waals surface area contributed by atoms with E-state index in [0.29, 0.717) is 11.5 Å². The van der Waals surface area contributed by atoms with Crippen LogP contribution in [0.5, 0.6) is 0 Å². The van der Waals surface area contributed by atoms with Gasteiger partial charge in [-0.25, -0.2) is 0 Å². The molecule has 2 rings (SSSR count). The highest BCUT2D eigenvalue weighted by molar-refractivity contribution is 5.42. The summed E-state index contributed by atoms with van der Waals surface area (Å²) in [4.78, 5) is 4.11. The van der Waals surface area contributed by atoms with Gasteiger partial charge in [-0.3, -0.25) is 4.98 Å². The number of hydrogen-bond acceptors (Lipinski definition) is 2. The van der Waals surface area contributed by atoms with Gasteiger partial charge in [-0.05, 0) is 24.5 Å². The minimum Gasteiger partial charge on any atom is -0.263 e. The molecule has 1 aromatic rings. The maximum Gasteiger partial charge on any atom is 0.101 e. The van der Waals surface area contributed by atoms with Gasteiger partial charge >= 0.3 is 0 Å². The van der Waals surface area contributed by atoms with Gasteiger partial charge in [0.25, 0.3) is 0 Å². The number of nitriles is 1. The molecule has 15 heavy (non-hydrogen) atoms. The molecule has 0 amide bonds. The lowest BCUT2D eigenvalue weighted by atomic mass is 9.89. The summed E-state index contributed by atoms with van der Waals surface area (Å²) >= 11 is 0. The van der Waals surface area contributed by atoms with E-state index in [1.165, 1.54) is 0 Å². The molecule has 1 unspecified atom stereocenters. The summed E-state index contributed by atoms with van der Waals surface area (Å²) < 4.78 is 0. The molecule has 0 fully saturated rings. The molecule has 1 atom stereocenters. The van der Waals surface area contributed by atoms with Crippen molar-refractivity contribution in [2.75, 3.05) is 0 Å². The van der Waals surface area contributed by atoms with E-state index in [-0.39, 0.29) is 0 Å². The molecular weight excluding hydrogens is 184 g/mol. The van der Waals surface area contributed by atoms with Gasteiger partial charge < -0.3 is 0 Å². The summed E-state index contributed by atoms with van der Waals surface area (Å²) in [5.74, 6) is 0.371. The molecule has 0 saturated carbocycles. The molecule has 1 heterocycles. The molecule has 0 aliphatic heterocycles. The van der Waals surface area contributed by atoms with E-state index in [1.807, 2.05) is 25.3 Å². The Morgan fingerprint density at radius 2 is 2.27 bits per heavy atom. The highest BCUT2D eigenvalue weighted by Crippen LogP contribution is 2.27. The van der Waals surface area contributed by atoms with Gasteiger partial charge in [0, 0.05) is 18.3 Å². The standard InChI is InChI=1S/C13H12N2/c1-10-12(7-14)8-15-9-13(10)11-5-3-2-4-6-11/h2-5,8-9,11H,6H2,1H3. The fourth-order valence-electron chi connectivity index (χ4n) is 1.84. The summed E-state index contributed by atoms with van der Waals surface area (Å²) in [7, 11) is 0. The number of rotatable bonds is 1. The van der Waals surface area contributed by atoms with Crippen LogP contribution in [0.15, 0.2) is 36.7 Å². The van der Waals surface area contributed by atoms with Crippen molar-refractivity contribution in [3.8, 4) is 6.07 Å².